The van der Waals surface area contributed by atoms with Crippen molar-refractivity contribution in [1.82, 2.24) is 4.57 Å². The molecule has 0 fully saturated rings. The minimum Gasteiger partial charge on any atom is -0.309 e. The SMILES string of the molecule is c1ccc(-c2c3ccccc3c(-c3ccc4c(c3)[P@](c3ccccc3)c3ccccc3C43c4ccccc4-n4c5ccccc5c5cccc3c54)c3ccccc23)cc1. The van der Waals surface area contributed by atoms with Crippen molar-refractivity contribution in [3.63, 3.8) is 0 Å². The van der Waals surface area contributed by atoms with E-state index in [4.69, 9.17) is 0 Å². The Bertz CT molecular complexity index is 3450. The van der Waals surface area contributed by atoms with E-state index in [0.29, 0.717) is 0 Å². The van der Waals surface area contributed by atoms with Gasteiger partial charge in [0.1, 0.15) is 0 Å². The summed E-state index contributed by atoms with van der Waals surface area (Å²) in [4.78, 5) is 0. The molecule has 0 N–H and O–H groups in total. The minimum absolute atomic E-state index is 0.542. The first-order chi connectivity index (χ1) is 29.3. The van der Waals surface area contributed by atoms with E-state index in [2.05, 4.69) is 223 Å². The first-order valence-electron chi connectivity index (χ1n) is 20.5. The van der Waals surface area contributed by atoms with Crippen LogP contribution >= 0.6 is 7.92 Å². The highest BCUT2D eigenvalue weighted by Gasteiger charge is 2.51. The third-order valence-corrected chi connectivity index (χ3v) is 15.7. The van der Waals surface area contributed by atoms with Crippen LogP contribution in [0.4, 0.5) is 0 Å². The molecule has 1 nitrogen and oxygen atoms in total. The maximum absolute atomic E-state index is 2.59. The molecule has 0 saturated carbocycles. The largest absolute Gasteiger partial charge is 0.309 e. The molecular formula is C57H36NP. The van der Waals surface area contributed by atoms with Gasteiger partial charge in [-0.15, -0.1) is 0 Å². The van der Waals surface area contributed by atoms with Crippen molar-refractivity contribution in [2.45, 2.75) is 5.41 Å². The van der Waals surface area contributed by atoms with Crippen LogP contribution < -0.4 is 15.9 Å². The van der Waals surface area contributed by atoms with E-state index in [1.54, 1.807) is 0 Å². The van der Waals surface area contributed by atoms with Crippen molar-refractivity contribution in [2.24, 2.45) is 0 Å². The van der Waals surface area contributed by atoms with Crippen LogP contribution in [0, 0.1) is 0 Å². The third kappa shape index (κ3) is 4.38. The van der Waals surface area contributed by atoms with E-state index in [9.17, 15) is 0 Å². The lowest BCUT2D eigenvalue weighted by molar-refractivity contribution is 0.734. The molecule has 11 aromatic rings. The number of para-hydroxylation sites is 3. The first-order valence-corrected chi connectivity index (χ1v) is 21.9. The first kappa shape index (κ1) is 33.0. The van der Waals surface area contributed by atoms with Gasteiger partial charge >= 0.3 is 0 Å². The second kappa shape index (κ2) is 12.5. The maximum atomic E-state index is 2.59. The Morgan fingerprint density at radius 2 is 0.864 bits per heavy atom. The summed E-state index contributed by atoms with van der Waals surface area (Å²) in [5.41, 5.74) is 13.8. The molecule has 2 aliphatic rings. The van der Waals surface area contributed by atoms with Gasteiger partial charge in [-0.2, -0.15) is 0 Å². The molecule has 0 radical (unpaired) electrons. The Labute approximate surface area is 344 Å². The molecule has 0 saturated heterocycles. The number of aromatic nitrogens is 1. The number of nitrogens with zero attached hydrogens (tertiary/aromatic N) is 1. The zero-order valence-electron chi connectivity index (χ0n) is 32.2. The molecule has 1 unspecified atom stereocenters. The Kier molecular flexibility index (Phi) is 6.97. The Balaban J connectivity index is 1.19. The molecule has 1 aromatic heterocycles. The molecule has 0 amide bonds. The number of hydrogen-bond donors (Lipinski definition) is 0. The number of fused-ring (bicyclic) bond motifs is 13. The van der Waals surface area contributed by atoms with Crippen molar-refractivity contribution < 1.29 is 0 Å². The lowest BCUT2D eigenvalue weighted by Crippen LogP contribution is -2.47. The van der Waals surface area contributed by atoms with E-state index in [-0.39, 0.29) is 0 Å². The Morgan fingerprint density at radius 1 is 0.339 bits per heavy atom. The van der Waals surface area contributed by atoms with Crippen LogP contribution in [0.3, 0.4) is 0 Å². The lowest BCUT2D eigenvalue weighted by atomic mass is 9.62. The van der Waals surface area contributed by atoms with Crippen LogP contribution in [-0.4, -0.2) is 4.57 Å². The van der Waals surface area contributed by atoms with Gasteiger partial charge in [0.25, 0.3) is 0 Å². The van der Waals surface area contributed by atoms with E-state index >= 15 is 0 Å². The summed E-state index contributed by atoms with van der Waals surface area (Å²) in [5.74, 6) is 0. The van der Waals surface area contributed by atoms with Crippen LogP contribution in [-0.2, 0) is 5.41 Å². The molecule has 2 heteroatoms. The maximum Gasteiger partial charge on any atom is 0.0755 e. The quantitative estimate of drug-likeness (QED) is 0.125. The number of rotatable bonds is 3. The van der Waals surface area contributed by atoms with Crippen molar-refractivity contribution in [2.75, 3.05) is 0 Å². The predicted molar refractivity (Wildman–Crippen MR) is 251 cm³/mol. The van der Waals surface area contributed by atoms with Crippen molar-refractivity contribution >= 4 is 67.2 Å². The molecule has 10 aromatic carbocycles. The summed E-state index contributed by atoms with van der Waals surface area (Å²) in [6, 6.07) is 82.4. The van der Waals surface area contributed by atoms with Gasteiger partial charge in [0.15, 0.2) is 0 Å². The molecule has 2 atom stereocenters. The summed E-state index contributed by atoms with van der Waals surface area (Å²) in [7, 11) is -0.927. The van der Waals surface area contributed by atoms with Crippen molar-refractivity contribution in [3.8, 4) is 27.9 Å². The summed E-state index contributed by atoms with van der Waals surface area (Å²) in [6.45, 7) is 0. The molecule has 3 heterocycles. The van der Waals surface area contributed by atoms with Crippen LogP contribution in [0.2, 0.25) is 0 Å². The number of hydrogen-bond acceptors (Lipinski definition) is 0. The lowest BCUT2D eigenvalue weighted by Gasteiger charge is -2.48. The van der Waals surface area contributed by atoms with E-state index in [0.717, 1.165) is 0 Å². The van der Waals surface area contributed by atoms with E-state index in [1.165, 1.54) is 109 Å². The average Bonchev–Trinajstić information content (AvgIpc) is 3.65. The standard InChI is InChI=1S/C57H36NP/c1-3-18-37(19-4-1)54-41-23-7-9-25-43(41)55(44-26-10-8-24-42(44)54)38-34-35-48-53(36-38)59(39-20-5-2-6-21-39)52-33-16-13-29-47(52)57(48)46-28-12-15-32-51(46)58-50-31-14-11-22-40(50)45-27-17-30-49(57)56(45)58/h1-36H/t57?,59-/m1/s1. The molecule has 13 rings (SSSR count). The third-order valence-electron chi connectivity index (χ3n) is 13.1. The fraction of sp³-hybridized carbons (Fsp3) is 0.0175. The van der Waals surface area contributed by atoms with Crippen LogP contribution in [0.15, 0.2) is 218 Å². The zero-order valence-corrected chi connectivity index (χ0v) is 33.1. The highest BCUT2D eigenvalue weighted by atomic mass is 31.1. The smallest absolute Gasteiger partial charge is 0.0755 e. The van der Waals surface area contributed by atoms with Gasteiger partial charge in [-0.1, -0.05) is 200 Å². The Morgan fingerprint density at radius 3 is 1.59 bits per heavy atom. The summed E-state index contributed by atoms with van der Waals surface area (Å²) >= 11 is 0. The summed E-state index contributed by atoms with van der Waals surface area (Å²) in [6.07, 6.45) is 0. The normalized spacial score (nSPS) is 16.4. The van der Waals surface area contributed by atoms with Crippen molar-refractivity contribution in [3.05, 3.63) is 241 Å². The minimum atomic E-state index is -0.927. The highest BCUT2D eigenvalue weighted by Crippen LogP contribution is 2.59. The van der Waals surface area contributed by atoms with Crippen LogP contribution in [0.25, 0.3) is 71.3 Å². The van der Waals surface area contributed by atoms with Crippen LogP contribution in [0.5, 0.6) is 0 Å². The van der Waals surface area contributed by atoms with E-state index in [1.807, 2.05) is 0 Å². The fourth-order valence-electron chi connectivity index (χ4n) is 10.9. The molecule has 274 valence electrons. The van der Waals surface area contributed by atoms with Gasteiger partial charge in [-0.3, -0.25) is 0 Å². The molecule has 0 aliphatic carbocycles. The van der Waals surface area contributed by atoms with Crippen LogP contribution in [0.1, 0.15) is 22.3 Å². The van der Waals surface area contributed by atoms with Gasteiger partial charge in [-0.05, 0) is 108 Å². The average molecular weight is 766 g/mol. The second-order valence-corrected chi connectivity index (χ2v) is 18.1. The summed E-state index contributed by atoms with van der Waals surface area (Å²) < 4.78 is 2.54. The molecule has 59 heavy (non-hydrogen) atoms. The Hall–Kier alpha value is -7.05. The van der Waals surface area contributed by atoms with Gasteiger partial charge in [-0.25, -0.2) is 0 Å². The molecule has 0 bridgehead atoms. The molecule has 2 aliphatic heterocycles. The van der Waals surface area contributed by atoms with Gasteiger partial charge < -0.3 is 4.57 Å². The zero-order chi connectivity index (χ0) is 38.7. The van der Waals surface area contributed by atoms with Gasteiger partial charge in [0, 0.05) is 10.8 Å². The monoisotopic (exact) mass is 765 g/mol. The van der Waals surface area contributed by atoms with Gasteiger partial charge in [0.2, 0.25) is 0 Å². The second-order valence-electron chi connectivity index (χ2n) is 15.9. The highest BCUT2D eigenvalue weighted by molar-refractivity contribution is 7.80. The van der Waals surface area contributed by atoms with Gasteiger partial charge in [0.05, 0.1) is 22.1 Å². The fourth-order valence-corrected chi connectivity index (χ4v) is 13.7. The number of benzene rings is 10. The topological polar surface area (TPSA) is 4.93 Å². The molecule has 1 spiro atoms. The van der Waals surface area contributed by atoms with Crippen molar-refractivity contribution in [1.29, 1.82) is 0 Å². The predicted octanol–water partition coefficient (Wildman–Crippen LogP) is 13.2. The summed E-state index contributed by atoms with van der Waals surface area (Å²) in [5, 5.41) is 11.9. The molecular weight excluding hydrogens is 730 g/mol. The van der Waals surface area contributed by atoms with E-state index < -0.39 is 13.3 Å².